The van der Waals surface area contributed by atoms with E-state index in [1.165, 1.54) is 29.5 Å². The molecule has 33 heavy (non-hydrogen) atoms. The molecule has 0 bridgehead atoms. The Morgan fingerprint density at radius 3 is 2.64 bits per heavy atom. The second-order valence-corrected chi connectivity index (χ2v) is 9.85. The first kappa shape index (κ1) is 22.9. The van der Waals surface area contributed by atoms with Crippen molar-refractivity contribution in [1.82, 2.24) is 4.98 Å². The Labute approximate surface area is 192 Å². The maximum absolute atomic E-state index is 12.7. The van der Waals surface area contributed by atoms with Crippen molar-refractivity contribution in [2.75, 3.05) is 11.9 Å². The number of anilines is 1. The van der Waals surface area contributed by atoms with E-state index in [-0.39, 0.29) is 28.2 Å². The van der Waals surface area contributed by atoms with Gasteiger partial charge in [-0.05, 0) is 37.1 Å². The van der Waals surface area contributed by atoms with E-state index in [9.17, 15) is 22.6 Å². The Kier molecular flexibility index (Phi) is 6.45. The van der Waals surface area contributed by atoms with E-state index in [4.69, 9.17) is 9.52 Å². The highest BCUT2D eigenvalue weighted by Crippen LogP contribution is 2.32. The molecule has 4 aromatic rings. The van der Waals surface area contributed by atoms with Crippen molar-refractivity contribution in [2.45, 2.75) is 30.6 Å². The third kappa shape index (κ3) is 5.21. The lowest BCUT2D eigenvalue weighted by Crippen LogP contribution is -2.09. The van der Waals surface area contributed by atoms with Crippen molar-refractivity contribution in [3.63, 3.8) is 0 Å². The summed E-state index contributed by atoms with van der Waals surface area (Å²) in [6.45, 7) is 0.349. The fourth-order valence-corrected chi connectivity index (χ4v) is 5.09. The summed E-state index contributed by atoms with van der Waals surface area (Å²) in [5, 5.41) is 12.4. The summed E-state index contributed by atoms with van der Waals surface area (Å²) >= 11 is 1.32. The Morgan fingerprint density at radius 1 is 1.12 bits per heavy atom. The standard InChI is InChI=1S/C22H20N2O7S2/c25-20(26)8-2-1-5-9-23-16-12-17-13(11-19(16)33(28,29)30)10-14(22(27)31-17)21-24-15-6-3-4-7-18(15)32-21/h3-4,6-7,10-12,23H,1-2,5,8-9H2,(H,25,26)(H,28,29,30). The molecule has 0 atom stereocenters. The number of fused-ring (bicyclic) bond motifs is 2. The lowest BCUT2D eigenvalue weighted by Gasteiger charge is -2.12. The Morgan fingerprint density at radius 2 is 1.91 bits per heavy atom. The quantitative estimate of drug-likeness (QED) is 0.177. The summed E-state index contributed by atoms with van der Waals surface area (Å²) in [6, 6.07) is 11.5. The smallest absolute Gasteiger partial charge is 0.346 e. The van der Waals surface area contributed by atoms with E-state index >= 15 is 0 Å². The van der Waals surface area contributed by atoms with Crippen LogP contribution in [0.3, 0.4) is 0 Å². The lowest BCUT2D eigenvalue weighted by atomic mass is 10.1. The third-order valence-corrected chi connectivity index (χ3v) is 6.98. The second kappa shape index (κ2) is 9.30. The van der Waals surface area contributed by atoms with Gasteiger partial charge >= 0.3 is 11.6 Å². The zero-order valence-corrected chi connectivity index (χ0v) is 18.9. The van der Waals surface area contributed by atoms with Gasteiger partial charge in [-0.2, -0.15) is 8.42 Å². The first-order chi connectivity index (χ1) is 15.7. The maximum atomic E-state index is 12.7. The average Bonchev–Trinajstić information content (AvgIpc) is 3.18. The Hall–Kier alpha value is -3.28. The highest BCUT2D eigenvalue weighted by molar-refractivity contribution is 7.86. The lowest BCUT2D eigenvalue weighted by molar-refractivity contribution is -0.137. The van der Waals surface area contributed by atoms with Gasteiger partial charge in [-0.1, -0.05) is 18.6 Å². The van der Waals surface area contributed by atoms with Gasteiger partial charge in [-0.25, -0.2) is 9.78 Å². The van der Waals surface area contributed by atoms with E-state index in [0.717, 1.165) is 10.2 Å². The van der Waals surface area contributed by atoms with E-state index in [2.05, 4.69) is 10.3 Å². The monoisotopic (exact) mass is 488 g/mol. The number of carboxylic acid groups (broad SMARTS) is 1. The van der Waals surface area contributed by atoms with E-state index in [0.29, 0.717) is 36.2 Å². The van der Waals surface area contributed by atoms with Gasteiger partial charge < -0.3 is 14.8 Å². The summed E-state index contributed by atoms with van der Waals surface area (Å²) < 4.78 is 40.1. The average molecular weight is 489 g/mol. The molecule has 0 spiro atoms. The van der Waals surface area contributed by atoms with Gasteiger partial charge in [0.15, 0.2) is 0 Å². The molecule has 0 saturated heterocycles. The molecule has 9 nitrogen and oxygen atoms in total. The van der Waals surface area contributed by atoms with E-state index < -0.39 is 21.7 Å². The molecular formula is C22H20N2O7S2. The number of para-hydroxylation sites is 1. The topological polar surface area (TPSA) is 147 Å². The van der Waals surface area contributed by atoms with Crippen molar-refractivity contribution < 1.29 is 27.3 Å². The van der Waals surface area contributed by atoms with Crippen LogP contribution in [0.5, 0.6) is 0 Å². The summed E-state index contributed by atoms with van der Waals surface area (Å²) in [5.41, 5.74) is 0.577. The number of benzene rings is 2. The van der Waals surface area contributed by atoms with Crippen LogP contribution >= 0.6 is 11.3 Å². The molecular weight excluding hydrogens is 468 g/mol. The van der Waals surface area contributed by atoms with Crippen LogP contribution < -0.4 is 10.9 Å². The first-order valence-corrected chi connectivity index (χ1v) is 12.4. The zero-order chi connectivity index (χ0) is 23.6. The summed E-state index contributed by atoms with van der Waals surface area (Å²) in [6.07, 6.45) is 1.79. The highest BCUT2D eigenvalue weighted by Gasteiger charge is 2.20. The SMILES string of the molecule is O=C(O)CCCCCNc1cc2oc(=O)c(-c3nc4ccccc4s3)cc2cc1S(=O)(=O)O. The third-order valence-electron chi connectivity index (χ3n) is 5.02. The van der Waals surface area contributed by atoms with Crippen molar-refractivity contribution in [3.05, 3.63) is 52.9 Å². The summed E-state index contributed by atoms with van der Waals surface area (Å²) in [5.74, 6) is -0.869. The number of hydrogen-bond donors (Lipinski definition) is 3. The summed E-state index contributed by atoms with van der Waals surface area (Å²) in [4.78, 5) is 27.3. The number of hydrogen-bond acceptors (Lipinski definition) is 8. The molecule has 0 aliphatic rings. The number of aromatic nitrogens is 1. The van der Waals surface area contributed by atoms with Crippen LogP contribution in [0.1, 0.15) is 25.7 Å². The molecule has 0 aliphatic carbocycles. The Bertz CT molecular complexity index is 1470. The van der Waals surface area contributed by atoms with Crippen LogP contribution in [0, 0.1) is 0 Å². The number of unbranched alkanes of at least 4 members (excludes halogenated alkanes) is 2. The molecule has 3 N–H and O–H groups in total. The van der Waals surface area contributed by atoms with Gasteiger partial charge in [0, 0.05) is 24.4 Å². The zero-order valence-electron chi connectivity index (χ0n) is 17.3. The molecule has 11 heteroatoms. The van der Waals surface area contributed by atoms with Gasteiger partial charge in [0.25, 0.3) is 10.1 Å². The number of nitrogens with zero attached hydrogens (tertiary/aromatic N) is 1. The second-order valence-electron chi connectivity index (χ2n) is 7.43. The van der Waals surface area contributed by atoms with Crippen molar-refractivity contribution >= 4 is 54.3 Å². The minimum Gasteiger partial charge on any atom is -0.481 e. The Balaban J connectivity index is 1.67. The highest BCUT2D eigenvalue weighted by atomic mass is 32.2. The molecule has 2 heterocycles. The number of thiazole rings is 1. The van der Waals surface area contributed by atoms with Crippen LogP contribution in [-0.4, -0.2) is 35.6 Å². The largest absolute Gasteiger partial charge is 0.481 e. The van der Waals surface area contributed by atoms with Crippen molar-refractivity contribution in [2.24, 2.45) is 0 Å². The van der Waals surface area contributed by atoms with Crippen LogP contribution in [0.4, 0.5) is 5.69 Å². The fraction of sp³-hybridized carbons (Fsp3) is 0.227. The summed E-state index contributed by atoms with van der Waals surface area (Å²) in [7, 11) is -4.56. The minimum atomic E-state index is -4.56. The number of nitrogens with one attached hydrogen (secondary N) is 1. The number of carboxylic acids is 1. The minimum absolute atomic E-state index is 0.0639. The van der Waals surface area contributed by atoms with Crippen LogP contribution in [0.15, 0.2) is 56.6 Å². The number of rotatable bonds is 9. The number of carbonyl (C=O) groups is 1. The molecule has 0 unspecified atom stereocenters. The molecule has 0 aliphatic heterocycles. The van der Waals surface area contributed by atoms with Crippen LogP contribution in [-0.2, 0) is 14.9 Å². The van der Waals surface area contributed by atoms with Gasteiger partial charge in [0.2, 0.25) is 0 Å². The molecule has 4 rings (SSSR count). The molecule has 0 amide bonds. The van der Waals surface area contributed by atoms with Gasteiger partial charge in [0.1, 0.15) is 15.5 Å². The van der Waals surface area contributed by atoms with Crippen LogP contribution in [0.25, 0.3) is 31.8 Å². The van der Waals surface area contributed by atoms with Gasteiger partial charge in [0.05, 0.1) is 21.5 Å². The molecule has 2 aromatic heterocycles. The van der Waals surface area contributed by atoms with Gasteiger partial charge in [-0.15, -0.1) is 11.3 Å². The molecule has 0 saturated carbocycles. The molecule has 0 fully saturated rings. The number of aliphatic carboxylic acids is 1. The van der Waals surface area contributed by atoms with E-state index in [1.54, 1.807) is 0 Å². The predicted molar refractivity (Wildman–Crippen MR) is 126 cm³/mol. The fourth-order valence-electron chi connectivity index (χ4n) is 3.44. The van der Waals surface area contributed by atoms with Crippen molar-refractivity contribution in [1.29, 1.82) is 0 Å². The first-order valence-electron chi connectivity index (χ1n) is 10.1. The van der Waals surface area contributed by atoms with Crippen LogP contribution in [0.2, 0.25) is 0 Å². The molecule has 172 valence electrons. The van der Waals surface area contributed by atoms with E-state index in [1.807, 2.05) is 24.3 Å². The van der Waals surface area contributed by atoms with Gasteiger partial charge in [-0.3, -0.25) is 9.35 Å². The molecule has 2 aromatic carbocycles. The normalized spacial score (nSPS) is 11.8. The maximum Gasteiger partial charge on any atom is 0.346 e. The molecule has 0 radical (unpaired) electrons. The van der Waals surface area contributed by atoms with Crippen molar-refractivity contribution in [3.8, 4) is 10.6 Å². The predicted octanol–water partition coefficient (Wildman–Crippen LogP) is 4.37.